The molecule has 3 atom stereocenters. The summed E-state index contributed by atoms with van der Waals surface area (Å²) in [6.45, 7) is 3.46. The smallest absolute Gasteiger partial charge is 0.195 e. The molecule has 0 radical (unpaired) electrons. The van der Waals surface area contributed by atoms with E-state index in [1.54, 1.807) is 7.11 Å². The van der Waals surface area contributed by atoms with Crippen LogP contribution >= 0.6 is 24.0 Å². The Labute approximate surface area is 178 Å². The van der Waals surface area contributed by atoms with Crippen molar-refractivity contribution < 1.29 is 14.2 Å². The van der Waals surface area contributed by atoms with E-state index < -0.39 is 0 Å². The minimum absolute atomic E-state index is 0. The predicted octanol–water partition coefficient (Wildman–Crippen LogP) is 3.66. The third-order valence-corrected chi connectivity index (χ3v) is 6.28. The maximum absolute atomic E-state index is 6.01. The van der Waals surface area contributed by atoms with Gasteiger partial charge in [-0.2, -0.15) is 0 Å². The van der Waals surface area contributed by atoms with E-state index in [1.165, 1.54) is 19.3 Å². The molecule has 1 saturated heterocycles. The molecule has 3 aliphatic rings. The Balaban J connectivity index is 0.00000210. The Morgan fingerprint density at radius 2 is 2.15 bits per heavy atom. The first-order valence-corrected chi connectivity index (χ1v) is 9.64. The molecule has 6 nitrogen and oxygen atoms in total. The number of benzene rings is 1. The maximum atomic E-state index is 6.01. The van der Waals surface area contributed by atoms with Gasteiger partial charge in [-0.15, -0.1) is 24.0 Å². The van der Waals surface area contributed by atoms with Gasteiger partial charge in [0.25, 0.3) is 0 Å². The molecule has 7 heteroatoms. The molecule has 2 saturated carbocycles. The van der Waals surface area contributed by atoms with Gasteiger partial charge >= 0.3 is 0 Å². The highest BCUT2D eigenvalue weighted by molar-refractivity contribution is 14.0. The van der Waals surface area contributed by atoms with Gasteiger partial charge in [0.2, 0.25) is 0 Å². The summed E-state index contributed by atoms with van der Waals surface area (Å²) >= 11 is 0. The molecule has 1 heterocycles. The van der Waals surface area contributed by atoms with E-state index >= 15 is 0 Å². The van der Waals surface area contributed by atoms with Gasteiger partial charge in [-0.3, -0.25) is 4.99 Å². The van der Waals surface area contributed by atoms with Gasteiger partial charge in [0.1, 0.15) is 0 Å². The first-order valence-electron chi connectivity index (χ1n) is 9.64. The van der Waals surface area contributed by atoms with Gasteiger partial charge in [-0.25, -0.2) is 0 Å². The molecule has 2 N–H and O–H groups in total. The van der Waals surface area contributed by atoms with E-state index in [4.69, 9.17) is 14.2 Å². The molecule has 0 aromatic heterocycles. The number of hydrogen-bond donors (Lipinski definition) is 2. The fourth-order valence-corrected chi connectivity index (χ4v) is 4.92. The van der Waals surface area contributed by atoms with Crippen molar-refractivity contribution in [1.82, 2.24) is 5.32 Å². The summed E-state index contributed by atoms with van der Waals surface area (Å²) in [7, 11) is 3.47. The molecular formula is C20H30IN3O3. The van der Waals surface area contributed by atoms with Gasteiger partial charge in [-0.1, -0.05) is 6.42 Å². The lowest BCUT2D eigenvalue weighted by Gasteiger charge is -2.63. The highest BCUT2D eigenvalue weighted by atomic mass is 127. The molecule has 0 bridgehead atoms. The normalized spacial score (nSPS) is 27.7. The van der Waals surface area contributed by atoms with Gasteiger partial charge in [0, 0.05) is 42.8 Å². The van der Waals surface area contributed by atoms with Crippen molar-refractivity contribution in [1.29, 1.82) is 0 Å². The lowest BCUT2D eigenvalue weighted by Crippen LogP contribution is -2.72. The van der Waals surface area contributed by atoms with Crippen LogP contribution in [-0.2, 0) is 4.74 Å². The van der Waals surface area contributed by atoms with Crippen molar-refractivity contribution in [3.05, 3.63) is 18.2 Å². The number of fused-ring (bicyclic) bond motifs is 2. The van der Waals surface area contributed by atoms with Crippen LogP contribution in [0.3, 0.4) is 0 Å². The molecule has 1 aliphatic heterocycles. The number of aliphatic imine (C=N–C) groups is 1. The maximum Gasteiger partial charge on any atom is 0.195 e. The molecule has 3 unspecified atom stereocenters. The zero-order chi connectivity index (χ0) is 18.1. The van der Waals surface area contributed by atoms with Gasteiger partial charge < -0.3 is 24.8 Å². The number of nitrogens with one attached hydrogen (secondary N) is 2. The minimum atomic E-state index is 0. The molecule has 1 spiro atoms. The van der Waals surface area contributed by atoms with Crippen LogP contribution in [0.2, 0.25) is 0 Å². The van der Waals surface area contributed by atoms with Crippen LogP contribution in [0.1, 0.15) is 32.6 Å². The molecular weight excluding hydrogens is 457 g/mol. The lowest BCUT2D eigenvalue weighted by atomic mass is 9.46. The van der Waals surface area contributed by atoms with E-state index in [1.807, 2.05) is 32.2 Å². The Morgan fingerprint density at radius 3 is 2.78 bits per heavy atom. The number of halogens is 1. The van der Waals surface area contributed by atoms with Gasteiger partial charge in [0.15, 0.2) is 17.5 Å². The van der Waals surface area contributed by atoms with Crippen LogP contribution in [0, 0.1) is 11.3 Å². The monoisotopic (exact) mass is 487 g/mol. The summed E-state index contributed by atoms with van der Waals surface area (Å²) in [6.07, 6.45) is 5.45. The van der Waals surface area contributed by atoms with Gasteiger partial charge in [-0.05, 0) is 38.3 Å². The number of anilines is 1. The van der Waals surface area contributed by atoms with Crippen LogP contribution in [0.25, 0.3) is 0 Å². The number of ether oxygens (including phenoxy) is 3. The Hall–Kier alpha value is -1.22. The highest BCUT2D eigenvalue weighted by Gasteiger charge is 2.66. The summed E-state index contributed by atoms with van der Waals surface area (Å²) < 4.78 is 17.0. The SMILES string of the molecule is CCOc1cc(NC(=NC)NC2C3CCOC3C23CCC3)ccc1OC.I. The van der Waals surface area contributed by atoms with Crippen LogP contribution in [0.15, 0.2) is 23.2 Å². The molecule has 27 heavy (non-hydrogen) atoms. The molecule has 3 fully saturated rings. The van der Waals surface area contributed by atoms with Crippen LogP contribution in [-0.4, -0.2) is 45.5 Å². The topological polar surface area (TPSA) is 64.1 Å². The van der Waals surface area contributed by atoms with E-state index in [0.717, 1.165) is 36.2 Å². The van der Waals surface area contributed by atoms with Crippen molar-refractivity contribution in [2.75, 3.05) is 32.7 Å². The van der Waals surface area contributed by atoms with E-state index in [0.29, 0.717) is 30.1 Å². The van der Waals surface area contributed by atoms with Gasteiger partial charge in [0.05, 0.1) is 19.8 Å². The molecule has 1 aromatic rings. The minimum Gasteiger partial charge on any atom is -0.493 e. The molecule has 150 valence electrons. The van der Waals surface area contributed by atoms with Crippen molar-refractivity contribution in [3.63, 3.8) is 0 Å². The summed E-state index contributed by atoms with van der Waals surface area (Å²) in [5.41, 5.74) is 1.26. The predicted molar refractivity (Wildman–Crippen MR) is 118 cm³/mol. The Kier molecular flexibility index (Phi) is 6.40. The van der Waals surface area contributed by atoms with Crippen molar-refractivity contribution >= 4 is 35.6 Å². The van der Waals surface area contributed by atoms with Crippen LogP contribution in [0.5, 0.6) is 11.5 Å². The first-order chi connectivity index (χ1) is 12.7. The second-order valence-electron chi connectivity index (χ2n) is 7.45. The molecule has 4 rings (SSSR count). The molecule has 1 aromatic carbocycles. The summed E-state index contributed by atoms with van der Waals surface area (Å²) in [5.74, 6) is 2.89. The second kappa shape index (κ2) is 8.43. The van der Waals surface area contributed by atoms with Crippen LogP contribution in [0.4, 0.5) is 5.69 Å². The van der Waals surface area contributed by atoms with Crippen LogP contribution < -0.4 is 20.1 Å². The zero-order valence-corrected chi connectivity index (χ0v) is 18.6. The van der Waals surface area contributed by atoms with E-state index in [-0.39, 0.29) is 24.0 Å². The quantitative estimate of drug-likeness (QED) is 0.377. The number of nitrogens with zero attached hydrogens (tertiary/aromatic N) is 1. The Bertz CT molecular complexity index is 693. The average Bonchev–Trinajstić information content (AvgIpc) is 3.03. The average molecular weight is 487 g/mol. The number of methoxy groups -OCH3 is 1. The third kappa shape index (κ3) is 3.48. The zero-order valence-electron chi connectivity index (χ0n) is 16.3. The summed E-state index contributed by atoms with van der Waals surface area (Å²) in [6, 6.07) is 6.31. The largest absolute Gasteiger partial charge is 0.493 e. The van der Waals surface area contributed by atoms with E-state index in [2.05, 4.69) is 15.6 Å². The number of hydrogen-bond acceptors (Lipinski definition) is 4. The van der Waals surface area contributed by atoms with E-state index in [9.17, 15) is 0 Å². The lowest BCUT2D eigenvalue weighted by molar-refractivity contribution is -0.171. The third-order valence-electron chi connectivity index (χ3n) is 6.28. The summed E-state index contributed by atoms with van der Waals surface area (Å²) in [5, 5.41) is 7.09. The van der Waals surface area contributed by atoms with Crippen molar-refractivity contribution in [2.24, 2.45) is 16.3 Å². The summed E-state index contributed by atoms with van der Waals surface area (Å²) in [4.78, 5) is 4.44. The standard InChI is InChI=1S/C20H29N3O3.HI/c1-4-25-16-12-13(6-7-15(16)24-3)22-19(21-2)23-17-14-8-11-26-18(14)20(17)9-5-10-20;/h6-7,12,14,17-18H,4-5,8-11H2,1-3H3,(H2,21,22,23);1H. The van der Waals surface area contributed by atoms with Crippen molar-refractivity contribution in [3.8, 4) is 11.5 Å². The molecule has 2 aliphatic carbocycles. The molecule has 0 amide bonds. The Morgan fingerprint density at radius 1 is 1.33 bits per heavy atom. The first kappa shape index (κ1) is 20.5. The van der Waals surface area contributed by atoms with Crippen molar-refractivity contribution in [2.45, 2.75) is 44.8 Å². The number of guanidine groups is 1. The number of rotatable bonds is 5. The highest BCUT2D eigenvalue weighted by Crippen LogP contribution is 2.62. The fourth-order valence-electron chi connectivity index (χ4n) is 4.92. The second-order valence-corrected chi connectivity index (χ2v) is 7.45. The fraction of sp³-hybridized carbons (Fsp3) is 0.650.